The van der Waals surface area contributed by atoms with E-state index in [2.05, 4.69) is 48.2 Å². The van der Waals surface area contributed by atoms with Crippen LogP contribution in [0.25, 0.3) is 0 Å². The number of hydrogen-bond donors (Lipinski definition) is 1. The van der Waals surface area contributed by atoms with Crippen LogP contribution in [0.2, 0.25) is 0 Å². The minimum absolute atomic E-state index is 0.322. The van der Waals surface area contributed by atoms with Crippen LogP contribution in [0.15, 0.2) is 48.5 Å². The quantitative estimate of drug-likeness (QED) is 0.848. The highest BCUT2D eigenvalue weighted by Crippen LogP contribution is 2.27. The molecule has 1 aliphatic rings. The number of piperidine rings is 1. The first-order chi connectivity index (χ1) is 11.8. The van der Waals surface area contributed by atoms with E-state index < -0.39 is 0 Å². The molecule has 1 fully saturated rings. The first kappa shape index (κ1) is 17.0. The van der Waals surface area contributed by atoms with Crippen molar-refractivity contribution in [3.05, 3.63) is 59.7 Å². The minimum Gasteiger partial charge on any atom is -0.457 e. The number of nitrogens with two attached hydrogens (primary N) is 1. The second-order valence-electron chi connectivity index (χ2n) is 6.52. The molecule has 1 atom stereocenters. The first-order valence-electron chi connectivity index (χ1n) is 9.11. The standard InChI is InChI=1S/C21H28N2O/c1-2-17-6-10-19(11-7-17)24-20-12-8-18(9-13-20)21(16-22)23-14-4-3-5-15-23/h6-13,21H,2-5,14-16,22H2,1H3. The van der Waals surface area contributed by atoms with E-state index in [1.807, 2.05) is 12.1 Å². The molecule has 0 aliphatic carbocycles. The lowest BCUT2D eigenvalue weighted by Gasteiger charge is -2.34. The van der Waals surface area contributed by atoms with Gasteiger partial charge >= 0.3 is 0 Å². The van der Waals surface area contributed by atoms with Gasteiger partial charge in [0.05, 0.1) is 0 Å². The van der Waals surface area contributed by atoms with Crippen LogP contribution < -0.4 is 10.5 Å². The number of aryl methyl sites for hydroxylation is 1. The van der Waals surface area contributed by atoms with Crippen molar-refractivity contribution in [2.75, 3.05) is 19.6 Å². The van der Waals surface area contributed by atoms with Crippen LogP contribution in [0, 0.1) is 0 Å². The van der Waals surface area contributed by atoms with Gasteiger partial charge in [-0.3, -0.25) is 4.90 Å². The van der Waals surface area contributed by atoms with E-state index in [9.17, 15) is 0 Å². The topological polar surface area (TPSA) is 38.5 Å². The normalized spacial score (nSPS) is 16.8. The number of ether oxygens (including phenoxy) is 1. The zero-order chi connectivity index (χ0) is 16.8. The van der Waals surface area contributed by atoms with Gasteiger partial charge in [0.2, 0.25) is 0 Å². The van der Waals surface area contributed by atoms with Gasteiger partial charge in [-0.1, -0.05) is 37.6 Å². The fraction of sp³-hybridized carbons (Fsp3) is 0.429. The molecule has 0 radical (unpaired) electrons. The second-order valence-corrected chi connectivity index (χ2v) is 6.52. The maximum atomic E-state index is 6.05. The van der Waals surface area contributed by atoms with Crippen molar-refractivity contribution >= 4 is 0 Å². The van der Waals surface area contributed by atoms with E-state index in [-0.39, 0.29) is 0 Å². The molecule has 1 unspecified atom stereocenters. The highest BCUT2D eigenvalue weighted by molar-refractivity contribution is 5.35. The molecule has 2 N–H and O–H groups in total. The fourth-order valence-electron chi connectivity index (χ4n) is 3.41. The Bertz CT molecular complexity index is 615. The molecule has 1 aliphatic heterocycles. The van der Waals surface area contributed by atoms with Crippen LogP contribution in [0.1, 0.15) is 43.4 Å². The molecule has 1 heterocycles. The maximum Gasteiger partial charge on any atom is 0.127 e. The average Bonchev–Trinajstić information content (AvgIpc) is 2.65. The highest BCUT2D eigenvalue weighted by atomic mass is 16.5. The van der Waals surface area contributed by atoms with E-state index in [1.165, 1.54) is 30.4 Å². The van der Waals surface area contributed by atoms with Gasteiger partial charge in [0.1, 0.15) is 11.5 Å². The Kier molecular flexibility index (Phi) is 5.89. The molecule has 24 heavy (non-hydrogen) atoms. The lowest BCUT2D eigenvalue weighted by molar-refractivity contribution is 0.167. The lowest BCUT2D eigenvalue weighted by atomic mass is 10.0. The monoisotopic (exact) mass is 324 g/mol. The summed E-state index contributed by atoms with van der Waals surface area (Å²) in [4.78, 5) is 2.52. The van der Waals surface area contributed by atoms with Gasteiger partial charge in [-0.15, -0.1) is 0 Å². The van der Waals surface area contributed by atoms with Crippen molar-refractivity contribution in [3.63, 3.8) is 0 Å². The van der Waals surface area contributed by atoms with Gasteiger partial charge < -0.3 is 10.5 Å². The zero-order valence-corrected chi connectivity index (χ0v) is 14.6. The van der Waals surface area contributed by atoms with E-state index >= 15 is 0 Å². The van der Waals surface area contributed by atoms with Crippen molar-refractivity contribution in [1.29, 1.82) is 0 Å². The summed E-state index contributed by atoms with van der Waals surface area (Å²) >= 11 is 0. The molecular formula is C21H28N2O. The molecule has 0 saturated carbocycles. The third kappa shape index (κ3) is 4.16. The van der Waals surface area contributed by atoms with Crippen molar-refractivity contribution in [2.45, 2.75) is 38.6 Å². The summed E-state index contributed by atoms with van der Waals surface area (Å²) < 4.78 is 5.95. The van der Waals surface area contributed by atoms with Gasteiger partial charge in [0, 0.05) is 12.6 Å². The Morgan fingerprint density at radius 1 is 0.917 bits per heavy atom. The lowest BCUT2D eigenvalue weighted by Crippen LogP contribution is -2.37. The summed E-state index contributed by atoms with van der Waals surface area (Å²) in [5.41, 5.74) is 8.66. The molecule has 128 valence electrons. The highest BCUT2D eigenvalue weighted by Gasteiger charge is 2.20. The molecule has 0 bridgehead atoms. The Hall–Kier alpha value is -1.84. The number of rotatable bonds is 6. The molecule has 2 aromatic rings. The second kappa shape index (κ2) is 8.32. The number of benzene rings is 2. The zero-order valence-electron chi connectivity index (χ0n) is 14.6. The van der Waals surface area contributed by atoms with Gasteiger partial charge in [-0.25, -0.2) is 0 Å². The summed E-state index contributed by atoms with van der Waals surface area (Å²) in [6, 6.07) is 17.0. The third-order valence-corrected chi connectivity index (χ3v) is 4.89. The summed E-state index contributed by atoms with van der Waals surface area (Å²) in [6.07, 6.45) is 4.96. The van der Waals surface area contributed by atoms with Crippen molar-refractivity contribution in [1.82, 2.24) is 4.90 Å². The predicted molar refractivity (Wildman–Crippen MR) is 99.6 cm³/mol. The molecule has 0 spiro atoms. The summed E-state index contributed by atoms with van der Waals surface area (Å²) in [5.74, 6) is 1.75. The van der Waals surface area contributed by atoms with Crippen molar-refractivity contribution in [2.24, 2.45) is 5.73 Å². The van der Waals surface area contributed by atoms with Crippen LogP contribution in [0.4, 0.5) is 0 Å². The van der Waals surface area contributed by atoms with Gasteiger partial charge in [-0.05, 0) is 67.7 Å². The number of hydrogen-bond acceptors (Lipinski definition) is 3. The van der Waals surface area contributed by atoms with E-state index in [4.69, 9.17) is 10.5 Å². The Morgan fingerprint density at radius 3 is 2.04 bits per heavy atom. The van der Waals surface area contributed by atoms with Gasteiger partial charge in [-0.2, -0.15) is 0 Å². The van der Waals surface area contributed by atoms with Crippen LogP contribution in [0.3, 0.4) is 0 Å². The first-order valence-corrected chi connectivity index (χ1v) is 9.11. The Balaban J connectivity index is 1.67. The fourth-order valence-corrected chi connectivity index (χ4v) is 3.41. The summed E-state index contributed by atoms with van der Waals surface area (Å²) in [6.45, 7) is 5.14. The third-order valence-electron chi connectivity index (χ3n) is 4.89. The summed E-state index contributed by atoms with van der Waals surface area (Å²) in [7, 11) is 0. The molecule has 0 aromatic heterocycles. The molecular weight excluding hydrogens is 296 g/mol. The van der Waals surface area contributed by atoms with Crippen LogP contribution in [0.5, 0.6) is 11.5 Å². The molecule has 2 aromatic carbocycles. The Labute approximate surface area is 145 Å². The van der Waals surface area contributed by atoms with Crippen molar-refractivity contribution < 1.29 is 4.74 Å². The predicted octanol–water partition coefficient (Wildman–Crippen LogP) is 4.53. The average molecular weight is 324 g/mol. The van der Waals surface area contributed by atoms with E-state index in [0.717, 1.165) is 31.0 Å². The maximum absolute atomic E-state index is 6.05. The van der Waals surface area contributed by atoms with Crippen LogP contribution >= 0.6 is 0 Å². The van der Waals surface area contributed by atoms with Crippen molar-refractivity contribution in [3.8, 4) is 11.5 Å². The molecule has 3 rings (SSSR count). The molecule has 1 saturated heterocycles. The Morgan fingerprint density at radius 2 is 1.50 bits per heavy atom. The minimum atomic E-state index is 0.322. The van der Waals surface area contributed by atoms with Gasteiger partial charge in [0.15, 0.2) is 0 Å². The number of nitrogens with zero attached hydrogens (tertiary/aromatic N) is 1. The largest absolute Gasteiger partial charge is 0.457 e. The molecule has 3 nitrogen and oxygen atoms in total. The van der Waals surface area contributed by atoms with Crippen LogP contribution in [-0.4, -0.2) is 24.5 Å². The SMILES string of the molecule is CCc1ccc(Oc2ccc(C(CN)N3CCCCC3)cc2)cc1. The van der Waals surface area contributed by atoms with E-state index in [0.29, 0.717) is 12.6 Å². The van der Waals surface area contributed by atoms with E-state index in [1.54, 1.807) is 0 Å². The van der Waals surface area contributed by atoms with Crippen LogP contribution in [-0.2, 0) is 6.42 Å². The smallest absolute Gasteiger partial charge is 0.127 e. The number of likely N-dealkylation sites (tertiary alicyclic amines) is 1. The summed E-state index contributed by atoms with van der Waals surface area (Å²) in [5, 5.41) is 0. The molecule has 3 heteroatoms. The molecule has 0 amide bonds. The van der Waals surface area contributed by atoms with Gasteiger partial charge in [0.25, 0.3) is 0 Å².